The zero-order chi connectivity index (χ0) is 17.9. The maximum Gasteiger partial charge on any atom is 0.319 e. The molecule has 1 saturated carbocycles. The number of likely N-dealkylation sites (N-methyl/N-ethyl adjacent to an activating group) is 1. The Labute approximate surface area is 150 Å². The molecule has 0 radical (unpaired) electrons. The van der Waals surface area contributed by atoms with Gasteiger partial charge in [0.05, 0.1) is 6.61 Å². The van der Waals surface area contributed by atoms with Crippen LogP contribution < -0.4 is 15.5 Å². The Bertz CT molecular complexity index is 607. The van der Waals surface area contributed by atoms with E-state index in [1.54, 1.807) is 0 Å². The van der Waals surface area contributed by atoms with Crippen molar-refractivity contribution in [3.8, 4) is 0 Å². The molecular formula is C19H30N4O2. The van der Waals surface area contributed by atoms with Gasteiger partial charge in [-0.25, -0.2) is 4.79 Å². The van der Waals surface area contributed by atoms with Crippen LogP contribution in [0.2, 0.25) is 0 Å². The molecule has 138 valence electrons. The molecule has 1 heterocycles. The maximum atomic E-state index is 12.1. The third-order valence-corrected chi connectivity index (χ3v) is 5.56. The molecule has 1 aliphatic carbocycles. The number of aryl methyl sites for hydroxylation is 1. The van der Waals surface area contributed by atoms with E-state index in [0.29, 0.717) is 6.54 Å². The number of carbonyl (C=O) groups excluding carboxylic acids is 1. The predicted octanol–water partition coefficient (Wildman–Crippen LogP) is 2.03. The molecule has 3 N–H and O–H groups in total. The van der Waals surface area contributed by atoms with Crippen LogP contribution in [-0.2, 0) is 0 Å². The number of urea groups is 1. The molecule has 0 unspecified atom stereocenters. The largest absolute Gasteiger partial charge is 0.396 e. The number of benzene rings is 1. The number of carbonyl (C=O) groups is 1. The Morgan fingerprint density at radius 1 is 1.24 bits per heavy atom. The van der Waals surface area contributed by atoms with Crippen molar-refractivity contribution in [3.05, 3.63) is 23.8 Å². The Hall–Kier alpha value is -1.79. The van der Waals surface area contributed by atoms with Crippen LogP contribution in [0.15, 0.2) is 18.2 Å². The van der Waals surface area contributed by atoms with E-state index in [0.717, 1.165) is 56.8 Å². The number of rotatable bonds is 6. The molecule has 1 aliphatic heterocycles. The standard InChI is InChI=1S/C19H30N4O2/c1-3-22-8-10-23(11-9-22)16-4-5-17(15(2)12-16)21-18(25)20-13-19(14-24)6-7-19/h4-5,12,24H,3,6-11,13-14H2,1-2H3,(H2,20,21,25). The third-order valence-electron chi connectivity index (χ3n) is 5.56. The molecule has 1 aromatic carbocycles. The summed E-state index contributed by atoms with van der Waals surface area (Å²) in [6.07, 6.45) is 1.98. The van der Waals surface area contributed by atoms with Crippen molar-refractivity contribution in [3.63, 3.8) is 0 Å². The first-order valence-electron chi connectivity index (χ1n) is 9.29. The normalized spacial score (nSPS) is 19.6. The van der Waals surface area contributed by atoms with Crippen molar-refractivity contribution < 1.29 is 9.90 Å². The highest BCUT2D eigenvalue weighted by molar-refractivity contribution is 5.90. The lowest BCUT2D eigenvalue weighted by atomic mass is 10.1. The summed E-state index contributed by atoms with van der Waals surface area (Å²) in [6.45, 7) is 10.3. The van der Waals surface area contributed by atoms with Crippen LogP contribution >= 0.6 is 0 Å². The van der Waals surface area contributed by atoms with Crippen LogP contribution in [0, 0.1) is 12.3 Å². The third kappa shape index (κ3) is 4.44. The fraction of sp³-hybridized carbons (Fsp3) is 0.632. The summed E-state index contributed by atoms with van der Waals surface area (Å²) >= 11 is 0. The van der Waals surface area contributed by atoms with Crippen molar-refractivity contribution in [1.82, 2.24) is 10.2 Å². The second-order valence-electron chi connectivity index (χ2n) is 7.39. The van der Waals surface area contributed by atoms with Gasteiger partial charge in [-0.1, -0.05) is 6.92 Å². The van der Waals surface area contributed by atoms with Crippen LogP contribution in [0.25, 0.3) is 0 Å². The molecule has 3 rings (SSSR count). The van der Waals surface area contributed by atoms with Crippen molar-refractivity contribution in [1.29, 1.82) is 0 Å². The van der Waals surface area contributed by atoms with Crippen LogP contribution in [0.3, 0.4) is 0 Å². The van der Waals surface area contributed by atoms with E-state index < -0.39 is 0 Å². The summed E-state index contributed by atoms with van der Waals surface area (Å²) < 4.78 is 0. The zero-order valence-electron chi connectivity index (χ0n) is 15.3. The van der Waals surface area contributed by atoms with E-state index in [-0.39, 0.29) is 18.1 Å². The molecule has 0 aromatic heterocycles. The number of hydrogen-bond acceptors (Lipinski definition) is 4. The van der Waals surface area contributed by atoms with Gasteiger partial charge < -0.3 is 25.5 Å². The summed E-state index contributed by atoms with van der Waals surface area (Å²) in [5, 5.41) is 15.1. The van der Waals surface area contributed by atoms with Crippen molar-refractivity contribution in [2.45, 2.75) is 26.7 Å². The predicted molar refractivity (Wildman–Crippen MR) is 101 cm³/mol. The molecule has 25 heavy (non-hydrogen) atoms. The van der Waals surface area contributed by atoms with Crippen LogP contribution in [-0.4, -0.2) is 61.9 Å². The first-order valence-corrected chi connectivity index (χ1v) is 9.29. The first kappa shape index (κ1) is 18.0. The molecule has 2 amide bonds. The van der Waals surface area contributed by atoms with Gasteiger partial charge >= 0.3 is 6.03 Å². The van der Waals surface area contributed by atoms with Crippen LogP contribution in [0.1, 0.15) is 25.3 Å². The number of aliphatic hydroxyl groups is 1. The molecule has 2 fully saturated rings. The summed E-state index contributed by atoms with van der Waals surface area (Å²) in [5.74, 6) is 0. The van der Waals surface area contributed by atoms with E-state index in [1.807, 2.05) is 13.0 Å². The molecule has 6 nitrogen and oxygen atoms in total. The van der Waals surface area contributed by atoms with Gasteiger partial charge in [-0.3, -0.25) is 0 Å². The van der Waals surface area contributed by atoms with Gasteiger partial charge in [0.25, 0.3) is 0 Å². The molecule has 1 aromatic rings. The lowest BCUT2D eigenvalue weighted by Gasteiger charge is -2.35. The second kappa shape index (κ2) is 7.62. The van der Waals surface area contributed by atoms with Gasteiger partial charge in [0.15, 0.2) is 0 Å². The number of hydrogen-bond donors (Lipinski definition) is 3. The van der Waals surface area contributed by atoms with Crippen molar-refractivity contribution in [2.24, 2.45) is 5.41 Å². The number of anilines is 2. The molecule has 1 saturated heterocycles. The Balaban J connectivity index is 1.54. The van der Waals surface area contributed by atoms with E-state index in [9.17, 15) is 9.90 Å². The summed E-state index contributed by atoms with van der Waals surface area (Å²) in [6, 6.07) is 6.01. The molecular weight excluding hydrogens is 316 g/mol. The Morgan fingerprint density at radius 2 is 1.96 bits per heavy atom. The molecule has 0 atom stereocenters. The lowest BCUT2D eigenvalue weighted by molar-refractivity contribution is 0.206. The molecule has 0 bridgehead atoms. The summed E-state index contributed by atoms with van der Waals surface area (Å²) in [7, 11) is 0. The fourth-order valence-electron chi connectivity index (χ4n) is 3.31. The average molecular weight is 346 g/mol. The molecule has 0 spiro atoms. The summed E-state index contributed by atoms with van der Waals surface area (Å²) in [4.78, 5) is 17.0. The lowest BCUT2D eigenvalue weighted by Crippen LogP contribution is -2.46. The van der Waals surface area contributed by atoms with E-state index in [2.05, 4.69) is 39.5 Å². The van der Waals surface area contributed by atoms with Crippen LogP contribution in [0.4, 0.5) is 16.2 Å². The minimum absolute atomic E-state index is 0.0725. The van der Waals surface area contributed by atoms with Gasteiger partial charge in [-0.05, 0) is 50.1 Å². The van der Waals surface area contributed by atoms with Gasteiger partial charge in [-0.2, -0.15) is 0 Å². The topological polar surface area (TPSA) is 67.8 Å². The van der Waals surface area contributed by atoms with E-state index in [1.165, 1.54) is 5.69 Å². The van der Waals surface area contributed by atoms with Gasteiger partial charge in [0.2, 0.25) is 0 Å². The molecule has 2 aliphatic rings. The zero-order valence-corrected chi connectivity index (χ0v) is 15.3. The summed E-state index contributed by atoms with van der Waals surface area (Å²) in [5.41, 5.74) is 3.05. The highest BCUT2D eigenvalue weighted by atomic mass is 16.3. The number of aliphatic hydroxyl groups excluding tert-OH is 1. The van der Waals surface area contributed by atoms with Gasteiger partial charge in [-0.15, -0.1) is 0 Å². The second-order valence-corrected chi connectivity index (χ2v) is 7.39. The van der Waals surface area contributed by atoms with Crippen molar-refractivity contribution in [2.75, 3.05) is 56.1 Å². The Morgan fingerprint density at radius 3 is 2.52 bits per heavy atom. The highest BCUT2D eigenvalue weighted by Gasteiger charge is 2.42. The van der Waals surface area contributed by atoms with Crippen LogP contribution in [0.5, 0.6) is 0 Å². The molecule has 6 heteroatoms. The number of amides is 2. The number of nitrogens with one attached hydrogen (secondary N) is 2. The van der Waals surface area contributed by atoms with E-state index in [4.69, 9.17) is 0 Å². The fourth-order valence-corrected chi connectivity index (χ4v) is 3.31. The monoisotopic (exact) mass is 346 g/mol. The highest BCUT2D eigenvalue weighted by Crippen LogP contribution is 2.44. The van der Waals surface area contributed by atoms with Gasteiger partial charge in [0, 0.05) is 49.5 Å². The number of nitrogens with zero attached hydrogens (tertiary/aromatic N) is 2. The SMILES string of the molecule is CCN1CCN(c2ccc(NC(=O)NCC3(CO)CC3)c(C)c2)CC1. The van der Waals surface area contributed by atoms with E-state index >= 15 is 0 Å². The minimum Gasteiger partial charge on any atom is -0.396 e. The first-order chi connectivity index (χ1) is 12.0. The number of piperazine rings is 1. The Kier molecular flexibility index (Phi) is 5.49. The van der Waals surface area contributed by atoms with Gasteiger partial charge in [0.1, 0.15) is 0 Å². The van der Waals surface area contributed by atoms with Crippen molar-refractivity contribution >= 4 is 17.4 Å². The quantitative estimate of drug-likeness (QED) is 0.737. The smallest absolute Gasteiger partial charge is 0.319 e. The average Bonchev–Trinajstić information content (AvgIpc) is 3.42. The maximum absolute atomic E-state index is 12.1. The minimum atomic E-state index is -0.202.